The van der Waals surface area contributed by atoms with Gasteiger partial charge in [-0.2, -0.15) is 0 Å². The van der Waals surface area contributed by atoms with E-state index in [-0.39, 0.29) is 17.9 Å². The molecule has 26 heavy (non-hydrogen) atoms. The van der Waals surface area contributed by atoms with Crippen LogP contribution in [0.25, 0.3) is 0 Å². The minimum Gasteiger partial charge on any atom is -0.445 e. The molecule has 1 amide bonds. The van der Waals surface area contributed by atoms with Gasteiger partial charge in [-0.1, -0.05) is 43.2 Å². The minimum absolute atomic E-state index is 0.0478. The lowest BCUT2D eigenvalue weighted by atomic mass is 9.66. The molecule has 1 aliphatic heterocycles. The van der Waals surface area contributed by atoms with Crippen LogP contribution in [0.4, 0.5) is 0 Å². The number of aromatic nitrogens is 1. The highest BCUT2D eigenvalue weighted by Crippen LogP contribution is 2.47. The number of aliphatic hydroxyl groups is 1. The molecule has 1 aliphatic carbocycles. The monoisotopic (exact) mass is 354 g/mol. The molecular formula is C21H26N2O3. The van der Waals surface area contributed by atoms with E-state index in [2.05, 4.69) is 4.98 Å². The molecule has 2 fully saturated rings. The molecule has 2 heterocycles. The Morgan fingerprint density at radius 2 is 1.96 bits per heavy atom. The number of carbonyl (C=O) groups is 1. The van der Waals surface area contributed by atoms with Crippen molar-refractivity contribution in [2.75, 3.05) is 6.54 Å². The second-order valence-corrected chi connectivity index (χ2v) is 7.63. The van der Waals surface area contributed by atoms with Crippen LogP contribution in [0.3, 0.4) is 0 Å². The van der Waals surface area contributed by atoms with Crippen molar-refractivity contribution >= 4 is 5.91 Å². The van der Waals surface area contributed by atoms with Crippen molar-refractivity contribution in [1.82, 2.24) is 9.88 Å². The maximum absolute atomic E-state index is 13.2. The number of fused-ring (bicyclic) bond motifs is 1. The van der Waals surface area contributed by atoms with Crippen LogP contribution in [-0.2, 0) is 5.60 Å². The molecule has 2 aromatic rings. The normalized spacial score (nSPS) is 28.7. The van der Waals surface area contributed by atoms with Gasteiger partial charge in [-0.05, 0) is 31.7 Å². The number of oxazole rings is 1. The predicted molar refractivity (Wildman–Crippen MR) is 97.7 cm³/mol. The number of hydrogen-bond donors (Lipinski definition) is 1. The Labute approximate surface area is 154 Å². The maximum atomic E-state index is 13.2. The average molecular weight is 354 g/mol. The number of nitrogens with zero attached hydrogens (tertiary/aromatic N) is 2. The fourth-order valence-corrected chi connectivity index (χ4v) is 4.88. The Bertz CT molecular complexity index is 801. The Morgan fingerprint density at radius 3 is 2.65 bits per heavy atom. The van der Waals surface area contributed by atoms with Crippen molar-refractivity contribution in [1.29, 1.82) is 0 Å². The fourth-order valence-electron chi connectivity index (χ4n) is 4.88. The van der Waals surface area contributed by atoms with Crippen molar-refractivity contribution in [2.24, 2.45) is 5.92 Å². The number of benzene rings is 1. The van der Waals surface area contributed by atoms with Crippen LogP contribution in [0, 0.1) is 19.8 Å². The van der Waals surface area contributed by atoms with E-state index in [9.17, 15) is 9.90 Å². The third-order valence-corrected chi connectivity index (χ3v) is 6.12. The molecule has 0 bridgehead atoms. The molecule has 0 radical (unpaired) electrons. The van der Waals surface area contributed by atoms with Crippen LogP contribution in [0.2, 0.25) is 0 Å². The Balaban J connectivity index is 1.67. The average Bonchev–Trinajstić information content (AvgIpc) is 3.01. The quantitative estimate of drug-likeness (QED) is 0.895. The smallest absolute Gasteiger partial charge is 0.276 e. The van der Waals surface area contributed by atoms with Crippen LogP contribution in [0.15, 0.2) is 34.7 Å². The van der Waals surface area contributed by atoms with E-state index in [1.165, 1.54) is 0 Å². The zero-order valence-electron chi connectivity index (χ0n) is 15.4. The van der Waals surface area contributed by atoms with E-state index in [0.717, 1.165) is 31.2 Å². The van der Waals surface area contributed by atoms with Gasteiger partial charge in [-0.3, -0.25) is 4.79 Å². The summed E-state index contributed by atoms with van der Waals surface area (Å²) in [6.07, 6.45) is 4.62. The molecular weight excluding hydrogens is 328 g/mol. The summed E-state index contributed by atoms with van der Waals surface area (Å²) in [5.74, 6) is 1.09. The molecule has 5 heteroatoms. The molecule has 4 rings (SSSR count). The van der Waals surface area contributed by atoms with E-state index >= 15 is 0 Å². The predicted octanol–water partition coefficient (Wildman–Crippen LogP) is 3.58. The van der Waals surface area contributed by atoms with E-state index in [0.29, 0.717) is 30.3 Å². The van der Waals surface area contributed by atoms with Gasteiger partial charge in [0.2, 0.25) is 0 Å². The van der Waals surface area contributed by atoms with Crippen molar-refractivity contribution in [2.45, 2.75) is 57.6 Å². The van der Waals surface area contributed by atoms with E-state index in [4.69, 9.17) is 4.42 Å². The standard InChI is InChI=1S/C21H26N2O3/c1-14-19(22-15(2)26-14)20(24)23-13-12-21(25,16-8-4-3-5-9-16)17-10-6-7-11-18(17)23/h3-5,8-9,17-18,25H,6-7,10-13H2,1-2H3/t17-,18?,21-/m1/s1. The van der Waals surface area contributed by atoms with Gasteiger partial charge in [0, 0.05) is 25.4 Å². The molecule has 1 unspecified atom stereocenters. The molecule has 1 aromatic heterocycles. The van der Waals surface area contributed by atoms with E-state index < -0.39 is 5.60 Å². The van der Waals surface area contributed by atoms with Gasteiger partial charge in [0.25, 0.3) is 5.91 Å². The van der Waals surface area contributed by atoms with Gasteiger partial charge in [-0.25, -0.2) is 4.98 Å². The molecule has 3 atom stereocenters. The van der Waals surface area contributed by atoms with Crippen LogP contribution in [0.1, 0.15) is 59.8 Å². The highest BCUT2D eigenvalue weighted by atomic mass is 16.4. The van der Waals surface area contributed by atoms with Crippen LogP contribution >= 0.6 is 0 Å². The summed E-state index contributed by atoms with van der Waals surface area (Å²) in [7, 11) is 0. The van der Waals surface area contributed by atoms with Crippen LogP contribution < -0.4 is 0 Å². The molecule has 2 aliphatic rings. The number of hydrogen-bond acceptors (Lipinski definition) is 4. The number of aryl methyl sites for hydroxylation is 2. The first-order valence-corrected chi connectivity index (χ1v) is 9.53. The number of amides is 1. The Morgan fingerprint density at radius 1 is 1.23 bits per heavy atom. The summed E-state index contributed by atoms with van der Waals surface area (Å²) in [5.41, 5.74) is 0.521. The summed E-state index contributed by atoms with van der Waals surface area (Å²) < 4.78 is 5.46. The second-order valence-electron chi connectivity index (χ2n) is 7.63. The fraction of sp³-hybridized carbons (Fsp3) is 0.524. The molecule has 1 aromatic carbocycles. The van der Waals surface area contributed by atoms with Gasteiger partial charge >= 0.3 is 0 Å². The molecule has 1 saturated carbocycles. The topological polar surface area (TPSA) is 66.6 Å². The molecule has 1 N–H and O–H groups in total. The lowest BCUT2D eigenvalue weighted by molar-refractivity contribution is -0.110. The second kappa shape index (κ2) is 6.54. The summed E-state index contributed by atoms with van der Waals surface area (Å²) in [6.45, 7) is 4.09. The van der Waals surface area contributed by atoms with Gasteiger partial charge < -0.3 is 14.4 Å². The lowest BCUT2D eigenvalue weighted by Gasteiger charge is -2.52. The third-order valence-electron chi connectivity index (χ3n) is 6.12. The molecule has 5 nitrogen and oxygen atoms in total. The Hall–Kier alpha value is -2.14. The van der Waals surface area contributed by atoms with Gasteiger partial charge in [0.05, 0.1) is 5.60 Å². The first-order valence-electron chi connectivity index (χ1n) is 9.53. The maximum Gasteiger partial charge on any atom is 0.276 e. The zero-order chi connectivity index (χ0) is 18.3. The zero-order valence-corrected chi connectivity index (χ0v) is 15.4. The van der Waals surface area contributed by atoms with Crippen molar-refractivity contribution in [3.05, 3.63) is 53.2 Å². The SMILES string of the molecule is Cc1nc(C(=O)N2CC[C@@](O)(c3ccccc3)[C@@H]3CCCCC32)c(C)o1. The van der Waals surface area contributed by atoms with Gasteiger partial charge in [0.15, 0.2) is 11.6 Å². The number of carbonyl (C=O) groups excluding carboxylic acids is 1. The van der Waals surface area contributed by atoms with Crippen molar-refractivity contribution < 1.29 is 14.3 Å². The minimum atomic E-state index is -0.863. The van der Waals surface area contributed by atoms with Crippen molar-refractivity contribution in [3.8, 4) is 0 Å². The number of rotatable bonds is 2. The third kappa shape index (κ3) is 2.75. The summed E-state index contributed by atoms with van der Waals surface area (Å²) in [5, 5.41) is 11.6. The molecule has 1 saturated heterocycles. The highest BCUT2D eigenvalue weighted by molar-refractivity contribution is 5.93. The first kappa shape index (κ1) is 17.3. The van der Waals surface area contributed by atoms with E-state index in [1.807, 2.05) is 35.2 Å². The van der Waals surface area contributed by atoms with Gasteiger partial charge in [0.1, 0.15) is 5.76 Å². The largest absolute Gasteiger partial charge is 0.445 e. The van der Waals surface area contributed by atoms with E-state index in [1.54, 1.807) is 13.8 Å². The Kier molecular flexibility index (Phi) is 4.35. The van der Waals surface area contributed by atoms with Crippen LogP contribution in [0.5, 0.6) is 0 Å². The summed E-state index contributed by atoms with van der Waals surface area (Å²) in [4.78, 5) is 19.4. The van der Waals surface area contributed by atoms with Crippen LogP contribution in [-0.4, -0.2) is 33.5 Å². The molecule has 138 valence electrons. The summed E-state index contributed by atoms with van der Waals surface area (Å²) in [6, 6.07) is 9.99. The highest BCUT2D eigenvalue weighted by Gasteiger charge is 2.50. The molecule has 0 spiro atoms. The van der Waals surface area contributed by atoms with Gasteiger partial charge in [-0.15, -0.1) is 0 Å². The number of piperidine rings is 1. The summed E-state index contributed by atoms with van der Waals surface area (Å²) >= 11 is 0. The lowest BCUT2D eigenvalue weighted by Crippen LogP contribution is -2.59. The van der Waals surface area contributed by atoms with Crippen molar-refractivity contribution in [3.63, 3.8) is 0 Å². The first-order chi connectivity index (χ1) is 12.5. The number of likely N-dealkylation sites (tertiary alicyclic amines) is 1.